The molecule has 0 spiro atoms. The number of sulfonamides is 1. The van der Waals surface area contributed by atoms with Gasteiger partial charge in [-0.15, -0.1) is 0 Å². The Bertz CT molecular complexity index is 996. The quantitative estimate of drug-likeness (QED) is 0.774. The average Bonchev–Trinajstić information content (AvgIpc) is 2.66. The number of hydrogen-bond acceptors (Lipinski definition) is 5. The molecular weight excluding hydrogens is 397 g/mol. The molecule has 1 aliphatic rings. The van der Waals surface area contributed by atoms with Crippen molar-refractivity contribution >= 4 is 21.6 Å². The molecule has 0 aliphatic carbocycles. The number of carbonyl (C=O) groups is 1. The van der Waals surface area contributed by atoms with Crippen LogP contribution in [0.15, 0.2) is 42.7 Å². The van der Waals surface area contributed by atoms with Crippen molar-refractivity contribution < 1.29 is 22.3 Å². The Morgan fingerprint density at radius 2 is 2.14 bits per heavy atom. The highest BCUT2D eigenvalue weighted by Crippen LogP contribution is 2.43. The fraction of sp³-hybridized carbons (Fsp3) is 0.400. The van der Waals surface area contributed by atoms with Crippen molar-refractivity contribution in [2.45, 2.75) is 38.8 Å². The van der Waals surface area contributed by atoms with Crippen LogP contribution in [0.1, 0.15) is 38.8 Å². The molecule has 0 bridgehead atoms. The van der Waals surface area contributed by atoms with Crippen LogP contribution in [-0.2, 0) is 14.8 Å². The van der Waals surface area contributed by atoms with E-state index in [0.717, 1.165) is 4.31 Å². The summed E-state index contributed by atoms with van der Waals surface area (Å²) in [6.45, 7) is 4.78. The van der Waals surface area contributed by atoms with Gasteiger partial charge in [0.15, 0.2) is 0 Å². The van der Waals surface area contributed by atoms with Crippen molar-refractivity contribution in [1.29, 1.82) is 0 Å². The van der Waals surface area contributed by atoms with Crippen molar-refractivity contribution in [2.24, 2.45) is 0 Å². The predicted molar refractivity (Wildman–Crippen MR) is 107 cm³/mol. The number of benzene rings is 1. The first kappa shape index (κ1) is 21.2. The summed E-state index contributed by atoms with van der Waals surface area (Å²) in [7, 11) is -3.77. The number of rotatable bonds is 6. The minimum Gasteiger partial charge on any atom is -0.487 e. The summed E-state index contributed by atoms with van der Waals surface area (Å²) in [5, 5.41) is 2.65. The van der Waals surface area contributed by atoms with Crippen LogP contribution in [-0.4, -0.2) is 41.5 Å². The fourth-order valence-electron chi connectivity index (χ4n) is 3.39. The zero-order valence-electron chi connectivity index (χ0n) is 16.6. The Kier molecular flexibility index (Phi) is 5.90. The van der Waals surface area contributed by atoms with Gasteiger partial charge in [-0.25, -0.2) is 12.8 Å². The number of amides is 1. The van der Waals surface area contributed by atoms with E-state index >= 15 is 0 Å². The second kappa shape index (κ2) is 8.08. The van der Waals surface area contributed by atoms with Crippen LogP contribution in [0, 0.1) is 5.82 Å². The standard InChI is InChI=1S/C20H24FN3O4S/c1-4-29(26,27)24(13-19(25)23-15-6-5-9-22-12-15)17-11-20(2,3)28-18-8-7-14(21)10-16(17)18/h5-10,12,17H,4,11,13H2,1-3H3,(H,23,25). The lowest BCUT2D eigenvalue weighted by Gasteiger charge is -2.41. The number of fused-ring (bicyclic) bond motifs is 1. The van der Waals surface area contributed by atoms with E-state index in [-0.39, 0.29) is 12.2 Å². The molecule has 1 aliphatic heterocycles. The minimum atomic E-state index is -3.77. The van der Waals surface area contributed by atoms with Crippen LogP contribution in [0.4, 0.5) is 10.1 Å². The maximum absolute atomic E-state index is 13.9. The highest BCUT2D eigenvalue weighted by Gasteiger charge is 2.41. The SMILES string of the molecule is CCS(=O)(=O)N(CC(=O)Nc1cccnc1)C1CC(C)(C)Oc2ccc(F)cc21. The molecule has 29 heavy (non-hydrogen) atoms. The molecule has 0 saturated heterocycles. The molecule has 0 fully saturated rings. The molecule has 1 unspecified atom stereocenters. The van der Waals surface area contributed by atoms with Crippen LogP contribution in [0.3, 0.4) is 0 Å². The van der Waals surface area contributed by atoms with Gasteiger partial charge in [0.2, 0.25) is 15.9 Å². The van der Waals surface area contributed by atoms with Crippen LogP contribution in [0.5, 0.6) is 5.75 Å². The van der Waals surface area contributed by atoms with Crippen molar-refractivity contribution in [3.8, 4) is 5.75 Å². The first-order valence-corrected chi connectivity index (χ1v) is 10.9. The van der Waals surface area contributed by atoms with E-state index in [9.17, 15) is 17.6 Å². The van der Waals surface area contributed by atoms with Crippen LogP contribution < -0.4 is 10.1 Å². The largest absolute Gasteiger partial charge is 0.487 e. The summed E-state index contributed by atoms with van der Waals surface area (Å²) in [5.41, 5.74) is 0.192. The minimum absolute atomic E-state index is 0.185. The maximum Gasteiger partial charge on any atom is 0.239 e. The Hall–Kier alpha value is -2.52. The maximum atomic E-state index is 13.9. The third-order valence-electron chi connectivity index (χ3n) is 4.72. The highest BCUT2D eigenvalue weighted by molar-refractivity contribution is 7.89. The number of nitrogens with zero attached hydrogens (tertiary/aromatic N) is 2. The van der Waals surface area contributed by atoms with E-state index < -0.39 is 39.9 Å². The lowest BCUT2D eigenvalue weighted by molar-refractivity contribution is -0.117. The van der Waals surface area contributed by atoms with Gasteiger partial charge in [0, 0.05) is 18.2 Å². The molecular formula is C20H24FN3O4S. The van der Waals surface area contributed by atoms with Gasteiger partial charge < -0.3 is 10.1 Å². The second-order valence-electron chi connectivity index (χ2n) is 7.50. The Balaban J connectivity index is 1.97. The molecule has 0 saturated carbocycles. The number of anilines is 1. The van der Waals surface area contributed by atoms with Crippen molar-refractivity contribution in [3.63, 3.8) is 0 Å². The highest BCUT2D eigenvalue weighted by atomic mass is 32.2. The molecule has 1 amide bonds. The second-order valence-corrected chi connectivity index (χ2v) is 9.71. The van der Waals surface area contributed by atoms with Gasteiger partial charge in [0.25, 0.3) is 0 Å². The molecule has 1 aromatic carbocycles. The number of ether oxygens (including phenoxy) is 1. The number of carbonyl (C=O) groups excluding carboxylic acids is 1. The predicted octanol–water partition coefficient (Wildman–Crippen LogP) is 3.11. The van der Waals surface area contributed by atoms with E-state index in [2.05, 4.69) is 10.3 Å². The van der Waals surface area contributed by atoms with Crippen molar-refractivity contribution in [2.75, 3.05) is 17.6 Å². The molecule has 3 rings (SSSR count). The lowest BCUT2D eigenvalue weighted by Crippen LogP contribution is -2.46. The van der Waals surface area contributed by atoms with Crippen molar-refractivity contribution in [1.82, 2.24) is 9.29 Å². The summed E-state index contributed by atoms with van der Waals surface area (Å²) >= 11 is 0. The molecule has 9 heteroatoms. The van der Waals surface area contributed by atoms with E-state index in [1.807, 2.05) is 13.8 Å². The van der Waals surface area contributed by atoms with Gasteiger partial charge >= 0.3 is 0 Å². The van der Waals surface area contributed by atoms with E-state index in [1.165, 1.54) is 31.3 Å². The summed E-state index contributed by atoms with van der Waals surface area (Å²) < 4.78 is 46.8. The van der Waals surface area contributed by atoms with Gasteiger partial charge in [-0.1, -0.05) is 0 Å². The summed E-state index contributed by atoms with van der Waals surface area (Å²) in [4.78, 5) is 16.5. The lowest BCUT2D eigenvalue weighted by atomic mass is 9.89. The Morgan fingerprint density at radius 1 is 1.38 bits per heavy atom. The zero-order chi connectivity index (χ0) is 21.2. The van der Waals surface area contributed by atoms with E-state index in [1.54, 1.807) is 18.3 Å². The first-order valence-electron chi connectivity index (χ1n) is 9.29. The normalized spacial score (nSPS) is 18.0. The zero-order valence-corrected chi connectivity index (χ0v) is 17.4. The first-order chi connectivity index (χ1) is 13.6. The molecule has 2 aromatic rings. The number of nitrogens with one attached hydrogen (secondary N) is 1. The van der Waals surface area contributed by atoms with E-state index in [4.69, 9.17) is 4.74 Å². The Morgan fingerprint density at radius 3 is 2.79 bits per heavy atom. The topological polar surface area (TPSA) is 88.6 Å². The van der Waals surface area contributed by atoms with Crippen LogP contribution in [0.25, 0.3) is 0 Å². The van der Waals surface area contributed by atoms with Gasteiger partial charge in [-0.2, -0.15) is 4.31 Å². The van der Waals surface area contributed by atoms with Gasteiger partial charge in [-0.3, -0.25) is 9.78 Å². The number of hydrogen-bond donors (Lipinski definition) is 1. The number of pyridine rings is 1. The number of aromatic nitrogens is 1. The number of halogens is 1. The fourth-order valence-corrected chi connectivity index (χ4v) is 4.61. The Labute approximate surface area is 169 Å². The van der Waals surface area contributed by atoms with Gasteiger partial charge in [0.05, 0.1) is 30.2 Å². The third-order valence-corrected chi connectivity index (χ3v) is 6.54. The summed E-state index contributed by atoms with van der Waals surface area (Å²) in [5.74, 6) is -0.769. The van der Waals surface area contributed by atoms with Crippen molar-refractivity contribution in [3.05, 3.63) is 54.1 Å². The molecule has 1 atom stereocenters. The molecule has 1 N–H and O–H groups in total. The molecule has 2 heterocycles. The van der Waals surface area contributed by atoms with Crippen LogP contribution >= 0.6 is 0 Å². The summed E-state index contributed by atoms with van der Waals surface area (Å²) in [6.07, 6.45) is 3.32. The van der Waals surface area contributed by atoms with Gasteiger partial charge in [-0.05, 0) is 51.1 Å². The summed E-state index contributed by atoms with van der Waals surface area (Å²) in [6, 6.07) is 6.62. The van der Waals surface area contributed by atoms with Gasteiger partial charge in [0.1, 0.15) is 17.2 Å². The third kappa shape index (κ3) is 4.91. The molecule has 7 nitrogen and oxygen atoms in total. The molecule has 1 aromatic heterocycles. The average molecular weight is 421 g/mol. The molecule has 156 valence electrons. The monoisotopic (exact) mass is 421 g/mol. The molecule has 0 radical (unpaired) electrons. The van der Waals surface area contributed by atoms with E-state index in [0.29, 0.717) is 17.0 Å². The smallest absolute Gasteiger partial charge is 0.239 e. The van der Waals surface area contributed by atoms with Crippen LogP contribution in [0.2, 0.25) is 0 Å².